The first-order valence-corrected chi connectivity index (χ1v) is 8.49. The second kappa shape index (κ2) is 10.0. The average Bonchev–Trinajstić information content (AvgIpc) is 3.19. The van der Waals surface area contributed by atoms with E-state index in [9.17, 15) is 14.4 Å². The third kappa shape index (κ3) is 6.08. The molecule has 0 radical (unpaired) electrons. The molecule has 0 saturated carbocycles. The van der Waals surface area contributed by atoms with Crippen molar-refractivity contribution in [1.82, 2.24) is 5.32 Å². The van der Waals surface area contributed by atoms with E-state index < -0.39 is 5.97 Å². The minimum atomic E-state index is -0.599. The first kappa shape index (κ1) is 19.2. The van der Waals surface area contributed by atoms with Crippen molar-refractivity contribution in [2.75, 3.05) is 18.5 Å². The van der Waals surface area contributed by atoms with Crippen LogP contribution in [0.3, 0.4) is 0 Å². The quantitative estimate of drug-likeness (QED) is 0.530. The molecule has 7 nitrogen and oxygen atoms in total. The van der Waals surface area contributed by atoms with Gasteiger partial charge in [-0.15, -0.1) is 0 Å². The minimum Gasteiger partial charge on any atom is -0.459 e. The monoisotopic (exact) mass is 358 g/mol. The maximum absolute atomic E-state index is 11.9. The molecule has 0 aliphatic carbocycles. The Bertz CT molecular complexity index is 723. The third-order valence-corrected chi connectivity index (χ3v) is 3.56. The van der Waals surface area contributed by atoms with Crippen LogP contribution < -0.4 is 10.6 Å². The van der Waals surface area contributed by atoms with Crippen molar-refractivity contribution in [1.29, 1.82) is 0 Å². The minimum absolute atomic E-state index is 0.193. The molecule has 1 aromatic carbocycles. The Kier molecular flexibility index (Phi) is 7.42. The van der Waals surface area contributed by atoms with Gasteiger partial charge in [-0.2, -0.15) is 0 Å². The number of carbonyl (C=O) groups is 3. The average molecular weight is 358 g/mol. The van der Waals surface area contributed by atoms with Gasteiger partial charge in [-0.05, 0) is 42.8 Å². The maximum Gasteiger partial charge on any atom is 0.338 e. The number of rotatable bonds is 9. The van der Waals surface area contributed by atoms with Gasteiger partial charge in [0.15, 0.2) is 12.4 Å². The molecule has 2 rings (SSSR count). The van der Waals surface area contributed by atoms with E-state index in [1.165, 1.54) is 18.4 Å². The van der Waals surface area contributed by atoms with Crippen LogP contribution in [0, 0.1) is 0 Å². The van der Waals surface area contributed by atoms with E-state index in [0.717, 1.165) is 19.3 Å². The Balaban J connectivity index is 1.77. The smallest absolute Gasteiger partial charge is 0.338 e. The molecule has 0 atom stereocenters. The van der Waals surface area contributed by atoms with Crippen molar-refractivity contribution in [3.8, 4) is 0 Å². The lowest BCUT2D eigenvalue weighted by Gasteiger charge is -2.07. The lowest BCUT2D eigenvalue weighted by atomic mass is 10.2. The number of carbonyl (C=O) groups excluding carboxylic acids is 3. The maximum atomic E-state index is 11.9. The zero-order valence-electron chi connectivity index (χ0n) is 14.6. The van der Waals surface area contributed by atoms with Gasteiger partial charge in [-0.1, -0.05) is 19.8 Å². The van der Waals surface area contributed by atoms with Gasteiger partial charge < -0.3 is 19.8 Å². The van der Waals surface area contributed by atoms with Gasteiger partial charge in [-0.3, -0.25) is 9.59 Å². The van der Waals surface area contributed by atoms with Crippen molar-refractivity contribution >= 4 is 23.5 Å². The molecule has 2 N–H and O–H groups in total. The Hall–Kier alpha value is -3.09. The number of anilines is 1. The van der Waals surface area contributed by atoms with Gasteiger partial charge in [0, 0.05) is 12.2 Å². The van der Waals surface area contributed by atoms with Crippen LogP contribution in [-0.4, -0.2) is 30.9 Å². The summed E-state index contributed by atoms with van der Waals surface area (Å²) in [5, 5.41) is 5.34. The number of hydrogen-bond acceptors (Lipinski definition) is 5. The fraction of sp³-hybridized carbons (Fsp3) is 0.316. The number of benzene rings is 1. The van der Waals surface area contributed by atoms with Crippen molar-refractivity contribution < 1.29 is 23.5 Å². The fourth-order valence-electron chi connectivity index (χ4n) is 2.16. The van der Waals surface area contributed by atoms with Crippen LogP contribution in [0.1, 0.15) is 47.1 Å². The van der Waals surface area contributed by atoms with E-state index >= 15 is 0 Å². The number of furan rings is 1. The molecule has 7 heteroatoms. The standard InChI is InChI=1S/C19H22N2O5/c1-2-3-4-11-20-17(22)13-26-19(24)14-7-9-15(10-8-14)21-18(23)16-6-5-12-25-16/h5-10,12H,2-4,11,13H2,1H3,(H,20,22)(H,21,23). The van der Waals surface area contributed by atoms with Gasteiger partial charge in [0.1, 0.15) is 0 Å². The summed E-state index contributed by atoms with van der Waals surface area (Å²) in [5.41, 5.74) is 0.802. The lowest BCUT2D eigenvalue weighted by molar-refractivity contribution is -0.124. The SMILES string of the molecule is CCCCCNC(=O)COC(=O)c1ccc(NC(=O)c2ccco2)cc1. The molecular formula is C19H22N2O5. The van der Waals surface area contributed by atoms with Crippen LogP contribution >= 0.6 is 0 Å². The summed E-state index contributed by atoms with van der Waals surface area (Å²) < 4.78 is 9.97. The van der Waals surface area contributed by atoms with Gasteiger partial charge in [0.2, 0.25) is 0 Å². The Labute approximate surface area is 151 Å². The van der Waals surface area contributed by atoms with E-state index in [-0.39, 0.29) is 24.2 Å². The topological polar surface area (TPSA) is 97.6 Å². The van der Waals surface area contributed by atoms with E-state index in [4.69, 9.17) is 9.15 Å². The van der Waals surface area contributed by atoms with Crippen LogP contribution in [0.25, 0.3) is 0 Å². The summed E-state index contributed by atoms with van der Waals surface area (Å²) in [5.74, 6) is -1.11. The van der Waals surface area contributed by atoms with Crippen LogP contribution in [0.5, 0.6) is 0 Å². The number of amides is 2. The second-order valence-corrected chi connectivity index (χ2v) is 5.64. The molecule has 26 heavy (non-hydrogen) atoms. The molecule has 0 aliphatic heterocycles. The lowest BCUT2D eigenvalue weighted by Crippen LogP contribution is -2.29. The molecule has 138 valence electrons. The molecule has 1 aromatic heterocycles. The molecule has 0 aliphatic rings. The van der Waals surface area contributed by atoms with E-state index in [1.807, 2.05) is 0 Å². The molecule has 0 bridgehead atoms. The van der Waals surface area contributed by atoms with Crippen LogP contribution in [0.15, 0.2) is 47.1 Å². The summed E-state index contributed by atoms with van der Waals surface area (Å²) in [7, 11) is 0. The van der Waals surface area contributed by atoms with Crippen molar-refractivity contribution in [2.24, 2.45) is 0 Å². The van der Waals surface area contributed by atoms with Gasteiger partial charge >= 0.3 is 5.97 Å². The highest BCUT2D eigenvalue weighted by atomic mass is 16.5. The number of ether oxygens (including phenoxy) is 1. The zero-order valence-corrected chi connectivity index (χ0v) is 14.6. The fourth-order valence-corrected chi connectivity index (χ4v) is 2.16. The van der Waals surface area contributed by atoms with Crippen molar-refractivity contribution in [2.45, 2.75) is 26.2 Å². The van der Waals surface area contributed by atoms with Crippen molar-refractivity contribution in [3.63, 3.8) is 0 Å². The number of esters is 1. The molecule has 1 heterocycles. The highest BCUT2D eigenvalue weighted by molar-refractivity contribution is 6.02. The zero-order chi connectivity index (χ0) is 18.8. The Morgan fingerprint density at radius 3 is 2.50 bits per heavy atom. The predicted molar refractivity (Wildman–Crippen MR) is 95.9 cm³/mol. The molecule has 2 amide bonds. The molecule has 2 aromatic rings. The highest BCUT2D eigenvalue weighted by Crippen LogP contribution is 2.12. The van der Waals surface area contributed by atoms with E-state index in [2.05, 4.69) is 17.6 Å². The first-order valence-electron chi connectivity index (χ1n) is 8.49. The number of hydrogen-bond donors (Lipinski definition) is 2. The largest absolute Gasteiger partial charge is 0.459 e. The normalized spacial score (nSPS) is 10.2. The van der Waals surface area contributed by atoms with Crippen LogP contribution in [0.4, 0.5) is 5.69 Å². The van der Waals surface area contributed by atoms with E-state index in [0.29, 0.717) is 17.8 Å². The molecule has 0 spiro atoms. The summed E-state index contributed by atoms with van der Waals surface area (Å²) in [4.78, 5) is 35.4. The third-order valence-electron chi connectivity index (χ3n) is 3.56. The van der Waals surface area contributed by atoms with Crippen LogP contribution in [-0.2, 0) is 9.53 Å². The summed E-state index contributed by atoms with van der Waals surface area (Å²) in [6, 6.07) is 9.34. The summed E-state index contributed by atoms with van der Waals surface area (Å²) >= 11 is 0. The van der Waals surface area contributed by atoms with Gasteiger partial charge in [-0.25, -0.2) is 4.79 Å². The molecular weight excluding hydrogens is 336 g/mol. The Morgan fingerprint density at radius 1 is 1.08 bits per heavy atom. The first-order chi connectivity index (χ1) is 12.6. The number of unbranched alkanes of at least 4 members (excludes halogenated alkanes) is 2. The van der Waals surface area contributed by atoms with E-state index in [1.54, 1.807) is 24.3 Å². The number of nitrogens with one attached hydrogen (secondary N) is 2. The predicted octanol–water partition coefficient (Wildman–Crippen LogP) is 3.00. The molecule has 0 saturated heterocycles. The molecule has 0 fully saturated rings. The highest BCUT2D eigenvalue weighted by Gasteiger charge is 2.12. The van der Waals surface area contributed by atoms with Crippen LogP contribution in [0.2, 0.25) is 0 Å². The van der Waals surface area contributed by atoms with Gasteiger partial charge in [0.25, 0.3) is 11.8 Å². The summed E-state index contributed by atoms with van der Waals surface area (Å²) in [6.07, 6.45) is 4.43. The Morgan fingerprint density at radius 2 is 1.85 bits per heavy atom. The van der Waals surface area contributed by atoms with Crippen molar-refractivity contribution in [3.05, 3.63) is 54.0 Å². The summed E-state index contributed by atoms with van der Waals surface area (Å²) in [6.45, 7) is 2.34. The van der Waals surface area contributed by atoms with Gasteiger partial charge in [0.05, 0.1) is 11.8 Å². The molecule has 0 unspecified atom stereocenters. The second-order valence-electron chi connectivity index (χ2n) is 5.64.